The smallest absolute Gasteiger partial charge is 0.227 e. The van der Waals surface area contributed by atoms with Crippen LogP contribution in [0.4, 0.5) is 0 Å². The van der Waals surface area contributed by atoms with Gasteiger partial charge in [0.15, 0.2) is 0 Å². The van der Waals surface area contributed by atoms with Crippen LogP contribution in [0.25, 0.3) is 0 Å². The Balaban J connectivity index is 1.72. The molecule has 126 valence electrons. The van der Waals surface area contributed by atoms with Crippen LogP contribution in [0.5, 0.6) is 5.75 Å². The van der Waals surface area contributed by atoms with Crippen molar-refractivity contribution < 1.29 is 9.53 Å². The molecule has 1 amide bonds. The summed E-state index contributed by atoms with van der Waals surface area (Å²) in [4.78, 5) is 14.4. The monoisotopic (exact) mass is 363 g/mol. The van der Waals surface area contributed by atoms with Crippen LogP contribution in [0.3, 0.4) is 0 Å². The molecule has 0 bridgehead atoms. The summed E-state index contributed by atoms with van der Waals surface area (Å²) in [7, 11) is 1.80. The highest BCUT2D eigenvalue weighted by Crippen LogP contribution is 2.30. The second-order valence-electron chi connectivity index (χ2n) is 6.06. The van der Waals surface area contributed by atoms with Crippen molar-refractivity contribution >= 4 is 29.1 Å². The second-order valence-corrected chi connectivity index (χ2v) is 6.91. The van der Waals surface area contributed by atoms with Crippen molar-refractivity contribution in [3.63, 3.8) is 0 Å². The van der Waals surface area contributed by atoms with Gasteiger partial charge >= 0.3 is 0 Å². The second kappa shape index (κ2) is 7.04. The van der Waals surface area contributed by atoms with Crippen LogP contribution in [-0.4, -0.2) is 24.5 Å². The first kappa shape index (κ1) is 17.1. The fourth-order valence-electron chi connectivity index (χ4n) is 2.91. The molecule has 0 aromatic heterocycles. The Morgan fingerprint density at radius 1 is 1.25 bits per heavy atom. The first-order chi connectivity index (χ1) is 11.5. The molecule has 2 aromatic carbocycles. The van der Waals surface area contributed by atoms with Crippen LogP contribution in [0.15, 0.2) is 36.4 Å². The van der Waals surface area contributed by atoms with E-state index in [1.54, 1.807) is 24.1 Å². The molecule has 0 spiro atoms. The SMILES string of the molecule is CC(c1ccc(Cl)cc1Cl)N(C)C(=O)Cc1ccc2c(c1)CCO2. The Labute approximate surface area is 152 Å². The molecule has 0 radical (unpaired) electrons. The molecule has 1 unspecified atom stereocenters. The number of hydrogen-bond donors (Lipinski definition) is 0. The van der Waals surface area contributed by atoms with Gasteiger partial charge in [-0.15, -0.1) is 0 Å². The van der Waals surface area contributed by atoms with E-state index in [-0.39, 0.29) is 11.9 Å². The third-order valence-corrected chi connectivity index (χ3v) is 5.06. The molecule has 0 aliphatic carbocycles. The minimum absolute atomic E-state index is 0.0485. The highest BCUT2D eigenvalue weighted by molar-refractivity contribution is 6.35. The van der Waals surface area contributed by atoms with E-state index in [0.29, 0.717) is 16.5 Å². The number of carbonyl (C=O) groups is 1. The number of benzene rings is 2. The van der Waals surface area contributed by atoms with Gasteiger partial charge in [0.2, 0.25) is 5.91 Å². The lowest BCUT2D eigenvalue weighted by Crippen LogP contribution is -2.31. The molecule has 0 N–H and O–H groups in total. The van der Waals surface area contributed by atoms with Gasteiger partial charge in [0.05, 0.1) is 19.1 Å². The quantitative estimate of drug-likeness (QED) is 0.788. The Hall–Kier alpha value is -1.71. The molecule has 1 heterocycles. The summed E-state index contributed by atoms with van der Waals surface area (Å²) < 4.78 is 5.50. The Morgan fingerprint density at radius 2 is 2.04 bits per heavy atom. The van der Waals surface area contributed by atoms with Crippen molar-refractivity contribution in [3.8, 4) is 5.75 Å². The summed E-state index contributed by atoms with van der Waals surface area (Å²) in [5.74, 6) is 0.980. The Kier molecular flexibility index (Phi) is 5.02. The maximum absolute atomic E-state index is 12.6. The zero-order chi connectivity index (χ0) is 17.3. The lowest BCUT2D eigenvalue weighted by Gasteiger charge is -2.26. The molecule has 0 saturated heterocycles. The number of carbonyl (C=O) groups excluding carboxylic acids is 1. The van der Waals surface area contributed by atoms with Crippen molar-refractivity contribution in [2.24, 2.45) is 0 Å². The van der Waals surface area contributed by atoms with Gasteiger partial charge in [0, 0.05) is 23.5 Å². The number of amides is 1. The molecule has 1 aliphatic rings. The average molecular weight is 364 g/mol. The number of ether oxygens (including phenoxy) is 1. The van der Waals surface area contributed by atoms with Crippen molar-refractivity contribution in [2.75, 3.05) is 13.7 Å². The van der Waals surface area contributed by atoms with Crippen LogP contribution in [0, 0.1) is 0 Å². The van der Waals surface area contributed by atoms with E-state index in [1.807, 2.05) is 25.1 Å². The van der Waals surface area contributed by atoms with Crippen LogP contribution in [-0.2, 0) is 17.6 Å². The summed E-state index contributed by atoms with van der Waals surface area (Å²) in [6.45, 7) is 2.68. The molecule has 24 heavy (non-hydrogen) atoms. The molecule has 3 rings (SSSR count). The third-order valence-electron chi connectivity index (χ3n) is 4.50. The molecule has 3 nitrogen and oxygen atoms in total. The van der Waals surface area contributed by atoms with Crippen LogP contribution >= 0.6 is 23.2 Å². The van der Waals surface area contributed by atoms with E-state index in [2.05, 4.69) is 6.07 Å². The van der Waals surface area contributed by atoms with Crippen molar-refractivity contribution in [1.82, 2.24) is 4.90 Å². The van der Waals surface area contributed by atoms with E-state index >= 15 is 0 Å². The van der Waals surface area contributed by atoms with Gasteiger partial charge in [0.1, 0.15) is 5.75 Å². The third kappa shape index (κ3) is 3.52. The summed E-state index contributed by atoms with van der Waals surface area (Å²) >= 11 is 12.2. The molecule has 5 heteroatoms. The van der Waals surface area contributed by atoms with E-state index in [0.717, 1.165) is 29.9 Å². The molecular weight excluding hydrogens is 345 g/mol. The van der Waals surface area contributed by atoms with E-state index in [1.165, 1.54) is 5.56 Å². The van der Waals surface area contributed by atoms with E-state index in [4.69, 9.17) is 27.9 Å². The number of hydrogen-bond acceptors (Lipinski definition) is 2. The largest absolute Gasteiger partial charge is 0.493 e. The van der Waals surface area contributed by atoms with Gasteiger partial charge in [0.25, 0.3) is 0 Å². The zero-order valence-corrected chi connectivity index (χ0v) is 15.2. The lowest BCUT2D eigenvalue weighted by molar-refractivity contribution is -0.131. The average Bonchev–Trinajstić information content (AvgIpc) is 3.01. The predicted octanol–water partition coefficient (Wildman–Crippen LogP) is 4.69. The summed E-state index contributed by atoms with van der Waals surface area (Å²) in [6.07, 6.45) is 1.27. The summed E-state index contributed by atoms with van der Waals surface area (Å²) in [6, 6.07) is 11.2. The lowest BCUT2D eigenvalue weighted by atomic mass is 10.0. The van der Waals surface area contributed by atoms with Gasteiger partial charge in [-0.05, 0) is 41.8 Å². The van der Waals surface area contributed by atoms with Crippen molar-refractivity contribution in [3.05, 3.63) is 63.1 Å². The number of nitrogens with zero attached hydrogens (tertiary/aromatic N) is 1. The van der Waals surface area contributed by atoms with Gasteiger partial charge < -0.3 is 9.64 Å². The zero-order valence-electron chi connectivity index (χ0n) is 13.7. The fourth-order valence-corrected chi connectivity index (χ4v) is 3.48. The molecule has 2 aromatic rings. The van der Waals surface area contributed by atoms with Gasteiger partial charge in [-0.2, -0.15) is 0 Å². The minimum atomic E-state index is -0.125. The molecule has 1 atom stereocenters. The highest BCUT2D eigenvalue weighted by Gasteiger charge is 2.21. The normalized spacial score (nSPS) is 14.0. The Morgan fingerprint density at radius 3 is 2.79 bits per heavy atom. The van der Waals surface area contributed by atoms with Crippen molar-refractivity contribution in [2.45, 2.75) is 25.8 Å². The number of halogens is 2. The van der Waals surface area contributed by atoms with E-state index in [9.17, 15) is 4.79 Å². The molecular formula is C19H19Cl2NO2. The predicted molar refractivity (Wildman–Crippen MR) is 97.0 cm³/mol. The highest BCUT2D eigenvalue weighted by atomic mass is 35.5. The fraction of sp³-hybridized carbons (Fsp3) is 0.316. The van der Waals surface area contributed by atoms with Crippen LogP contribution < -0.4 is 4.74 Å². The number of rotatable bonds is 4. The first-order valence-corrected chi connectivity index (χ1v) is 8.66. The summed E-state index contributed by atoms with van der Waals surface area (Å²) in [5, 5.41) is 1.16. The summed E-state index contributed by atoms with van der Waals surface area (Å²) in [5.41, 5.74) is 3.07. The van der Waals surface area contributed by atoms with Gasteiger partial charge in [-0.25, -0.2) is 0 Å². The van der Waals surface area contributed by atoms with Crippen LogP contribution in [0.1, 0.15) is 29.7 Å². The topological polar surface area (TPSA) is 29.5 Å². The first-order valence-electron chi connectivity index (χ1n) is 7.91. The maximum atomic E-state index is 12.6. The van der Waals surface area contributed by atoms with E-state index < -0.39 is 0 Å². The maximum Gasteiger partial charge on any atom is 0.227 e. The van der Waals surface area contributed by atoms with Crippen LogP contribution in [0.2, 0.25) is 10.0 Å². The number of fused-ring (bicyclic) bond motifs is 1. The van der Waals surface area contributed by atoms with Gasteiger partial charge in [-0.3, -0.25) is 4.79 Å². The molecule has 0 fully saturated rings. The standard InChI is InChI=1S/C19H19Cl2NO2/c1-12(16-5-4-15(20)11-17(16)21)22(2)19(23)10-13-3-6-18-14(9-13)7-8-24-18/h3-6,9,11-12H,7-8,10H2,1-2H3. The number of likely N-dealkylation sites (N-methyl/N-ethyl adjacent to an activating group) is 1. The minimum Gasteiger partial charge on any atom is -0.493 e. The Bertz CT molecular complexity index is 776. The van der Waals surface area contributed by atoms with Crippen molar-refractivity contribution in [1.29, 1.82) is 0 Å². The van der Waals surface area contributed by atoms with Gasteiger partial charge in [-0.1, -0.05) is 41.4 Å². The molecule has 1 aliphatic heterocycles. The molecule has 0 saturated carbocycles.